The molecule has 6 nitrogen and oxygen atoms in total. The number of urea groups is 1. The van der Waals surface area contributed by atoms with Gasteiger partial charge in [0.2, 0.25) is 0 Å². The number of hydrogen-bond donors (Lipinski definition) is 2. The highest BCUT2D eigenvalue weighted by Crippen LogP contribution is 2.40. The van der Waals surface area contributed by atoms with Crippen LogP contribution >= 0.6 is 11.6 Å². The Hall–Kier alpha value is -2.94. The molecule has 1 unspecified atom stereocenters. The Bertz CT molecular complexity index is 1080. The topological polar surface area (TPSA) is 60.0 Å². The van der Waals surface area contributed by atoms with Gasteiger partial charge < -0.3 is 20.4 Å². The van der Waals surface area contributed by atoms with Crippen LogP contribution in [0, 0.1) is 5.82 Å². The number of nitrogens with one attached hydrogen (secondary N) is 2. The minimum Gasteiger partial charge on any atom is -0.338 e. The predicted octanol–water partition coefficient (Wildman–Crippen LogP) is 5.25. The van der Waals surface area contributed by atoms with E-state index in [-0.39, 0.29) is 18.1 Å². The van der Waals surface area contributed by atoms with Crippen LogP contribution in [0.4, 0.5) is 35.0 Å². The summed E-state index contributed by atoms with van der Waals surface area (Å²) in [5.74, 6) is -0.105. The molecule has 1 fully saturated rings. The van der Waals surface area contributed by atoms with Gasteiger partial charge in [0.25, 0.3) is 6.43 Å². The van der Waals surface area contributed by atoms with Gasteiger partial charge in [0, 0.05) is 29.7 Å². The van der Waals surface area contributed by atoms with Gasteiger partial charge >= 0.3 is 6.03 Å². The molecule has 0 aliphatic carbocycles. The SMILES string of the molecule is CC(C)NC(=O)N1CCC(N=C2Nc3cc(F)ccc3N(CC(F)F)c3ccc(Cl)cc32)C1. The van der Waals surface area contributed by atoms with Gasteiger partial charge in [-0.15, -0.1) is 0 Å². The van der Waals surface area contributed by atoms with Crippen LogP contribution < -0.4 is 15.5 Å². The minimum absolute atomic E-state index is 0.0209. The number of carbonyl (C=O) groups excluding carboxylic acids is 1. The summed E-state index contributed by atoms with van der Waals surface area (Å²) in [7, 11) is 0. The molecule has 0 aromatic heterocycles. The summed E-state index contributed by atoms with van der Waals surface area (Å²) < 4.78 is 41.1. The van der Waals surface area contributed by atoms with Crippen LogP contribution in [0.5, 0.6) is 0 Å². The summed E-state index contributed by atoms with van der Waals surface area (Å²) >= 11 is 6.24. The molecule has 2 N–H and O–H groups in total. The van der Waals surface area contributed by atoms with Gasteiger partial charge in [0.05, 0.1) is 29.6 Å². The number of likely N-dealkylation sites (tertiary alicyclic amines) is 1. The average Bonchev–Trinajstić information content (AvgIpc) is 3.16. The van der Waals surface area contributed by atoms with E-state index in [0.717, 1.165) is 0 Å². The van der Waals surface area contributed by atoms with Gasteiger partial charge in [-0.1, -0.05) is 11.6 Å². The van der Waals surface area contributed by atoms with Crippen molar-refractivity contribution in [2.24, 2.45) is 4.99 Å². The molecule has 10 heteroatoms. The Morgan fingerprint density at radius 1 is 1.24 bits per heavy atom. The summed E-state index contributed by atoms with van der Waals surface area (Å²) in [6, 6.07) is 8.55. The highest BCUT2D eigenvalue weighted by Gasteiger charge is 2.30. The first-order valence-corrected chi connectivity index (χ1v) is 11.1. The maximum atomic E-state index is 14.1. The molecule has 2 aliphatic heterocycles. The van der Waals surface area contributed by atoms with E-state index in [1.807, 2.05) is 13.8 Å². The largest absolute Gasteiger partial charge is 0.338 e. The monoisotopic (exact) mass is 479 g/mol. The summed E-state index contributed by atoms with van der Waals surface area (Å²) in [5, 5.41) is 6.43. The Balaban J connectivity index is 1.74. The molecule has 2 aliphatic rings. The van der Waals surface area contributed by atoms with Crippen molar-refractivity contribution in [3.63, 3.8) is 0 Å². The van der Waals surface area contributed by atoms with E-state index in [0.29, 0.717) is 53.0 Å². The summed E-state index contributed by atoms with van der Waals surface area (Å²) in [6.45, 7) is 4.17. The fourth-order valence-electron chi connectivity index (χ4n) is 4.09. The standard InChI is InChI=1S/C23H25ClF3N5O/c1-13(2)28-23(33)31-8-7-16(11-31)29-22-17-9-14(24)3-5-19(17)32(12-21(26)27)20-6-4-15(25)10-18(20)30-22/h3-6,9-10,13,16,21H,7-8,11-12H2,1-2H3,(H,28,33)(H,29,30). The molecule has 2 amide bonds. The van der Waals surface area contributed by atoms with E-state index in [1.165, 1.54) is 23.1 Å². The number of hydrogen-bond acceptors (Lipinski definition) is 3. The Morgan fingerprint density at radius 2 is 2.00 bits per heavy atom. The molecule has 0 radical (unpaired) electrons. The second-order valence-corrected chi connectivity index (χ2v) is 8.86. The maximum absolute atomic E-state index is 14.1. The van der Waals surface area contributed by atoms with Gasteiger partial charge in [0.15, 0.2) is 0 Å². The molecule has 1 saturated heterocycles. The van der Waals surface area contributed by atoms with Crippen molar-refractivity contribution in [2.75, 3.05) is 29.9 Å². The van der Waals surface area contributed by atoms with Crippen molar-refractivity contribution in [2.45, 2.75) is 38.8 Å². The first-order chi connectivity index (χ1) is 15.7. The molecule has 2 aromatic carbocycles. The number of rotatable bonds is 4. The molecular formula is C23H25ClF3N5O. The molecular weight excluding hydrogens is 455 g/mol. The quantitative estimate of drug-likeness (QED) is 0.630. The summed E-state index contributed by atoms with van der Waals surface area (Å²) in [5.41, 5.74) is 1.76. The van der Waals surface area contributed by atoms with E-state index in [9.17, 15) is 18.0 Å². The highest BCUT2D eigenvalue weighted by atomic mass is 35.5. The number of aliphatic imine (C=N–C) groups is 1. The zero-order valence-electron chi connectivity index (χ0n) is 18.3. The maximum Gasteiger partial charge on any atom is 0.317 e. The fraction of sp³-hybridized carbons (Fsp3) is 0.391. The second-order valence-electron chi connectivity index (χ2n) is 8.42. The van der Waals surface area contributed by atoms with E-state index in [4.69, 9.17) is 16.6 Å². The number of fused-ring (bicyclic) bond motifs is 2. The van der Waals surface area contributed by atoms with Gasteiger partial charge in [-0.2, -0.15) is 0 Å². The second kappa shape index (κ2) is 9.51. The molecule has 33 heavy (non-hydrogen) atoms. The van der Waals surface area contributed by atoms with Crippen LogP contribution in [0.1, 0.15) is 25.8 Å². The lowest BCUT2D eigenvalue weighted by atomic mass is 10.1. The third-order valence-corrected chi connectivity index (χ3v) is 5.74. The number of amidine groups is 1. The molecule has 0 spiro atoms. The van der Waals surface area contributed by atoms with Crippen molar-refractivity contribution in [3.05, 3.63) is 52.8 Å². The number of anilines is 3. The number of benzene rings is 2. The Labute approximate surface area is 195 Å². The molecule has 0 bridgehead atoms. The minimum atomic E-state index is -2.62. The lowest BCUT2D eigenvalue weighted by Crippen LogP contribution is -2.42. The van der Waals surface area contributed by atoms with E-state index in [2.05, 4.69) is 10.6 Å². The fourth-order valence-corrected chi connectivity index (χ4v) is 4.26. The van der Waals surface area contributed by atoms with Gasteiger partial charge in [-0.3, -0.25) is 4.99 Å². The number of nitrogens with zero attached hydrogens (tertiary/aromatic N) is 3. The van der Waals surface area contributed by atoms with Crippen molar-refractivity contribution >= 4 is 40.5 Å². The van der Waals surface area contributed by atoms with E-state index >= 15 is 0 Å². The third kappa shape index (κ3) is 5.19. The first-order valence-electron chi connectivity index (χ1n) is 10.8. The zero-order valence-corrected chi connectivity index (χ0v) is 19.0. The lowest BCUT2D eigenvalue weighted by molar-refractivity contribution is 0.158. The van der Waals surface area contributed by atoms with E-state index < -0.39 is 18.8 Å². The number of carbonyl (C=O) groups is 1. The number of amides is 2. The van der Waals surface area contributed by atoms with Crippen molar-refractivity contribution < 1.29 is 18.0 Å². The van der Waals surface area contributed by atoms with Gasteiger partial charge in [-0.05, 0) is 56.7 Å². The molecule has 1 atom stereocenters. The molecule has 2 heterocycles. The Kier molecular flexibility index (Phi) is 6.69. The van der Waals surface area contributed by atoms with Crippen LogP contribution in [0.2, 0.25) is 5.02 Å². The smallest absolute Gasteiger partial charge is 0.317 e. The third-order valence-electron chi connectivity index (χ3n) is 5.50. The summed E-state index contributed by atoms with van der Waals surface area (Å²) in [6.07, 6.45) is -1.98. The molecule has 176 valence electrons. The van der Waals surface area contributed by atoms with Crippen LogP contribution in [0.3, 0.4) is 0 Å². The van der Waals surface area contributed by atoms with Gasteiger partial charge in [-0.25, -0.2) is 18.0 Å². The molecule has 4 rings (SSSR count). The normalized spacial score (nSPS) is 18.9. The molecule has 0 saturated carbocycles. The van der Waals surface area contributed by atoms with Crippen molar-refractivity contribution in [1.29, 1.82) is 0 Å². The van der Waals surface area contributed by atoms with E-state index in [1.54, 1.807) is 23.1 Å². The van der Waals surface area contributed by atoms with Gasteiger partial charge in [0.1, 0.15) is 11.7 Å². The molecule has 2 aromatic rings. The number of alkyl halides is 2. The average molecular weight is 480 g/mol. The number of halogens is 4. The lowest BCUT2D eigenvalue weighted by Gasteiger charge is -2.25. The zero-order chi connectivity index (χ0) is 23.7. The Morgan fingerprint density at radius 3 is 2.73 bits per heavy atom. The van der Waals surface area contributed by atoms with Crippen molar-refractivity contribution in [1.82, 2.24) is 10.2 Å². The first kappa shape index (κ1) is 23.2. The van der Waals surface area contributed by atoms with Crippen LogP contribution in [0.15, 0.2) is 41.4 Å². The van der Waals surface area contributed by atoms with Crippen molar-refractivity contribution in [3.8, 4) is 0 Å². The van der Waals surface area contributed by atoms with Crippen LogP contribution in [0.25, 0.3) is 0 Å². The predicted molar refractivity (Wildman–Crippen MR) is 125 cm³/mol. The highest BCUT2D eigenvalue weighted by molar-refractivity contribution is 6.31. The van der Waals surface area contributed by atoms with Crippen LogP contribution in [-0.2, 0) is 0 Å². The van der Waals surface area contributed by atoms with Crippen LogP contribution in [-0.4, -0.2) is 54.9 Å². The summed E-state index contributed by atoms with van der Waals surface area (Å²) in [4.78, 5) is 20.3.